The van der Waals surface area contributed by atoms with Crippen LogP contribution in [-0.4, -0.2) is 38.8 Å². The lowest BCUT2D eigenvalue weighted by Crippen LogP contribution is -2.49. The molecule has 1 aliphatic heterocycles. The SMILES string of the molecule is CCCC1(C(=O)C2CCCC(S(C)(=O)=O)C2)CCCNC1. The zero-order chi connectivity index (χ0) is 15.5. The Balaban J connectivity index is 2.13. The summed E-state index contributed by atoms with van der Waals surface area (Å²) in [6.45, 7) is 3.90. The first kappa shape index (κ1) is 16.9. The molecular formula is C16H29NO3S. The largest absolute Gasteiger partial charge is 0.316 e. The molecule has 0 amide bonds. The number of hydrogen-bond acceptors (Lipinski definition) is 4. The van der Waals surface area contributed by atoms with E-state index >= 15 is 0 Å². The normalized spacial score (nSPS) is 34.6. The van der Waals surface area contributed by atoms with Crippen molar-refractivity contribution in [2.75, 3.05) is 19.3 Å². The van der Waals surface area contributed by atoms with Gasteiger partial charge in [0.2, 0.25) is 0 Å². The van der Waals surface area contributed by atoms with Crippen LogP contribution in [0.25, 0.3) is 0 Å². The molecule has 0 radical (unpaired) electrons. The van der Waals surface area contributed by atoms with Crippen molar-refractivity contribution in [3.8, 4) is 0 Å². The molecule has 0 spiro atoms. The van der Waals surface area contributed by atoms with Crippen LogP contribution in [0.1, 0.15) is 58.3 Å². The first-order valence-corrected chi connectivity index (χ1v) is 10.3. The second kappa shape index (κ2) is 6.78. The van der Waals surface area contributed by atoms with Gasteiger partial charge in [0.05, 0.1) is 5.25 Å². The molecular weight excluding hydrogens is 286 g/mol. The molecule has 5 heteroatoms. The van der Waals surface area contributed by atoms with Gasteiger partial charge in [-0.05, 0) is 45.1 Å². The summed E-state index contributed by atoms with van der Waals surface area (Å²) in [5, 5.41) is 3.07. The number of carbonyl (C=O) groups excluding carboxylic acids is 1. The Hall–Kier alpha value is -0.420. The number of hydrogen-bond donors (Lipinski definition) is 1. The van der Waals surface area contributed by atoms with Gasteiger partial charge in [-0.1, -0.05) is 19.8 Å². The second-order valence-corrected chi connectivity index (χ2v) is 9.32. The van der Waals surface area contributed by atoms with E-state index in [0.717, 1.165) is 58.0 Å². The average Bonchev–Trinajstić information content (AvgIpc) is 2.47. The lowest BCUT2D eigenvalue weighted by Gasteiger charge is -2.40. The quantitative estimate of drug-likeness (QED) is 0.846. The minimum Gasteiger partial charge on any atom is -0.316 e. The smallest absolute Gasteiger partial charge is 0.150 e. The minimum absolute atomic E-state index is 0.0510. The number of carbonyl (C=O) groups is 1. The van der Waals surface area contributed by atoms with Crippen molar-refractivity contribution in [2.45, 2.75) is 63.5 Å². The molecule has 0 aromatic carbocycles. The summed E-state index contributed by atoms with van der Waals surface area (Å²) >= 11 is 0. The van der Waals surface area contributed by atoms with Crippen LogP contribution in [0.3, 0.4) is 0 Å². The zero-order valence-corrected chi connectivity index (χ0v) is 14.2. The summed E-state index contributed by atoms with van der Waals surface area (Å²) in [7, 11) is -3.02. The number of piperidine rings is 1. The van der Waals surface area contributed by atoms with Crippen molar-refractivity contribution in [3.63, 3.8) is 0 Å². The van der Waals surface area contributed by atoms with Crippen LogP contribution in [0.5, 0.6) is 0 Å². The molecule has 2 fully saturated rings. The van der Waals surface area contributed by atoms with Gasteiger partial charge in [-0.2, -0.15) is 0 Å². The number of Topliss-reactive ketones (excluding diaryl/α,β-unsaturated/α-hetero) is 1. The molecule has 2 aliphatic rings. The third-order valence-corrected chi connectivity index (χ3v) is 6.97. The number of nitrogens with one attached hydrogen (secondary N) is 1. The highest BCUT2D eigenvalue weighted by atomic mass is 32.2. The van der Waals surface area contributed by atoms with Gasteiger partial charge in [-0.25, -0.2) is 8.42 Å². The fraction of sp³-hybridized carbons (Fsp3) is 0.938. The highest BCUT2D eigenvalue weighted by Gasteiger charge is 2.44. The summed E-state index contributed by atoms with van der Waals surface area (Å²) in [5.41, 5.74) is -0.239. The Morgan fingerprint density at radius 2 is 2.05 bits per heavy atom. The molecule has 3 atom stereocenters. The Morgan fingerprint density at radius 3 is 2.62 bits per heavy atom. The van der Waals surface area contributed by atoms with E-state index in [2.05, 4.69) is 12.2 Å². The van der Waals surface area contributed by atoms with E-state index in [0.29, 0.717) is 12.2 Å². The molecule has 4 nitrogen and oxygen atoms in total. The Bertz CT molecular complexity index is 460. The molecule has 1 aliphatic carbocycles. The molecule has 21 heavy (non-hydrogen) atoms. The zero-order valence-electron chi connectivity index (χ0n) is 13.4. The maximum atomic E-state index is 13.1. The van der Waals surface area contributed by atoms with Gasteiger partial charge in [-0.3, -0.25) is 4.79 Å². The fourth-order valence-corrected chi connectivity index (χ4v) is 5.37. The van der Waals surface area contributed by atoms with Crippen LogP contribution < -0.4 is 5.32 Å². The highest BCUT2D eigenvalue weighted by molar-refractivity contribution is 7.91. The molecule has 1 heterocycles. The Labute approximate surface area is 129 Å². The Morgan fingerprint density at radius 1 is 1.29 bits per heavy atom. The number of ketones is 1. The van der Waals surface area contributed by atoms with E-state index in [1.807, 2.05) is 0 Å². The van der Waals surface area contributed by atoms with Crippen LogP contribution in [0.15, 0.2) is 0 Å². The molecule has 1 saturated heterocycles. The second-order valence-electron chi connectivity index (χ2n) is 6.99. The third kappa shape index (κ3) is 3.86. The average molecular weight is 315 g/mol. The van der Waals surface area contributed by atoms with Crippen molar-refractivity contribution in [2.24, 2.45) is 11.3 Å². The maximum Gasteiger partial charge on any atom is 0.150 e. The van der Waals surface area contributed by atoms with E-state index < -0.39 is 9.84 Å². The first-order chi connectivity index (χ1) is 9.89. The molecule has 0 aromatic heterocycles. The van der Waals surface area contributed by atoms with Crippen LogP contribution in [0, 0.1) is 11.3 Å². The van der Waals surface area contributed by atoms with Crippen LogP contribution in [-0.2, 0) is 14.6 Å². The molecule has 0 aromatic rings. The number of sulfone groups is 1. The molecule has 1 saturated carbocycles. The molecule has 122 valence electrons. The Kier molecular flexibility index (Phi) is 5.47. The van der Waals surface area contributed by atoms with Crippen molar-refractivity contribution < 1.29 is 13.2 Å². The lowest BCUT2D eigenvalue weighted by atomic mass is 9.67. The first-order valence-electron chi connectivity index (χ1n) is 8.33. The predicted molar refractivity (Wildman–Crippen MR) is 85.0 cm³/mol. The minimum atomic E-state index is -3.02. The summed E-state index contributed by atoms with van der Waals surface area (Å²) in [4.78, 5) is 13.1. The molecule has 3 unspecified atom stereocenters. The van der Waals surface area contributed by atoms with Gasteiger partial charge in [-0.15, -0.1) is 0 Å². The summed E-state index contributed by atoms with van der Waals surface area (Å²) in [6.07, 6.45) is 8.27. The monoisotopic (exact) mass is 315 g/mol. The van der Waals surface area contributed by atoms with Gasteiger partial charge in [0.15, 0.2) is 0 Å². The molecule has 1 N–H and O–H groups in total. The van der Waals surface area contributed by atoms with Crippen LogP contribution in [0.2, 0.25) is 0 Å². The van der Waals surface area contributed by atoms with Crippen molar-refractivity contribution in [1.29, 1.82) is 0 Å². The summed E-state index contributed by atoms with van der Waals surface area (Å²) in [5.74, 6) is 0.287. The van der Waals surface area contributed by atoms with E-state index in [-0.39, 0.29) is 16.6 Å². The van der Waals surface area contributed by atoms with Gasteiger partial charge in [0, 0.05) is 24.1 Å². The van der Waals surface area contributed by atoms with E-state index in [1.54, 1.807) is 0 Å². The van der Waals surface area contributed by atoms with Gasteiger partial charge >= 0.3 is 0 Å². The van der Waals surface area contributed by atoms with Crippen molar-refractivity contribution in [1.82, 2.24) is 5.32 Å². The van der Waals surface area contributed by atoms with E-state index in [1.165, 1.54) is 6.26 Å². The maximum absolute atomic E-state index is 13.1. The van der Waals surface area contributed by atoms with Crippen LogP contribution >= 0.6 is 0 Å². The number of rotatable bonds is 5. The van der Waals surface area contributed by atoms with Crippen LogP contribution in [0.4, 0.5) is 0 Å². The van der Waals surface area contributed by atoms with Crippen molar-refractivity contribution in [3.05, 3.63) is 0 Å². The lowest BCUT2D eigenvalue weighted by molar-refractivity contribution is -0.135. The molecule has 0 bridgehead atoms. The fourth-order valence-electron chi connectivity index (χ4n) is 4.20. The summed E-state index contributed by atoms with van der Waals surface area (Å²) < 4.78 is 23.6. The highest BCUT2D eigenvalue weighted by Crippen LogP contribution is 2.40. The third-order valence-electron chi connectivity index (χ3n) is 5.33. The van der Waals surface area contributed by atoms with Crippen molar-refractivity contribution >= 4 is 15.6 Å². The topological polar surface area (TPSA) is 63.2 Å². The molecule has 2 rings (SSSR count). The predicted octanol–water partition coefficient (Wildman–Crippen LogP) is 2.33. The van der Waals surface area contributed by atoms with Gasteiger partial charge in [0.1, 0.15) is 15.6 Å². The van der Waals surface area contributed by atoms with Gasteiger partial charge in [0.25, 0.3) is 0 Å². The standard InChI is InChI=1S/C16H29NO3S/c1-3-8-16(9-5-10-17-12-16)15(18)13-6-4-7-14(11-13)21(2,19)20/h13-14,17H,3-12H2,1-2H3. The van der Waals surface area contributed by atoms with E-state index in [4.69, 9.17) is 0 Å². The van der Waals surface area contributed by atoms with Gasteiger partial charge < -0.3 is 5.32 Å². The summed E-state index contributed by atoms with van der Waals surface area (Å²) in [6, 6.07) is 0. The van der Waals surface area contributed by atoms with E-state index in [9.17, 15) is 13.2 Å².